The topological polar surface area (TPSA) is 47.6 Å². The van der Waals surface area contributed by atoms with Crippen LogP contribution in [-0.2, 0) is 9.53 Å². The second-order valence-electron chi connectivity index (χ2n) is 5.51. The van der Waals surface area contributed by atoms with Crippen LogP contribution < -0.4 is 10.1 Å². The van der Waals surface area contributed by atoms with Crippen LogP contribution in [0.25, 0.3) is 0 Å². The van der Waals surface area contributed by atoms with Crippen LogP contribution in [0.3, 0.4) is 0 Å². The lowest BCUT2D eigenvalue weighted by atomic mass is 9.78. The molecule has 0 amide bonds. The molecule has 0 aromatic heterocycles. The molecule has 2 heterocycles. The zero-order valence-corrected chi connectivity index (χ0v) is 12.0. The van der Waals surface area contributed by atoms with Crippen LogP contribution in [0, 0.1) is 0 Å². The van der Waals surface area contributed by atoms with Crippen molar-refractivity contribution in [3.8, 4) is 5.75 Å². The summed E-state index contributed by atoms with van der Waals surface area (Å²) >= 11 is 0. The van der Waals surface area contributed by atoms with E-state index in [1.807, 2.05) is 45.0 Å². The van der Waals surface area contributed by atoms with Gasteiger partial charge in [0, 0.05) is 23.6 Å². The summed E-state index contributed by atoms with van der Waals surface area (Å²) in [5.74, 6) is 0.638. The number of rotatable bonds is 2. The van der Waals surface area contributed by atoms with Crippen LogP contribution in [0.5, 0.6) is 5.75 Å². The fourth-order valence-electron chi connectivity index (χ4n) is 3.21. The second-order valence-corrected chi connectivity index (χ2v) is 5.51. The number of carbonyl (C=O) groups is 1. The number of hydrogen-bond donors (Lipinski definition) is 1. The third kappa shape index (κ3) is 1.96. The summed E-state index contributed by atoms with van der Waals surface area (Å²) in [6.45, 7) is 6.14. The van der Waals surface area contributed by atoms with E-state index >= 15 is 0 Å². The lowest BCUT2D eigenvalue weighted by Crippen LogP contribution is -2.54. The molecule has 0 spiro atoms. The Bertz CT molecular complexity index is 593. The minimum absolute atomic E-state index is 0.0326. The van der Waals surface area contributed by atoms with Crippen molar-refractivity contribution >= 4 is 5.97 Å². The van der Waals surface area contributed by atoms with Gasteiger partial charge in [0.15, 0.2) is 5.72 Å². The predicted molar refractivity (Wildman–Crippen MR) is 75.3 cm³/mol. The maximum atomic E-state index is 12.3. The van der Waals surface area contributed by atoms with Gasteiger partial charge in [-0.1, -0.05) is 18.2 Å². The molecule has 3 rings (SSSR count). The molecule has 0 unspecified atom stereocenters. The van der Waals surface area contributed by atoms with E-state index in [0.717, 1.165) is 29.0 Å². The van der Waals surface area contributed by atoms with Crippen molar-refractivity contribution in [1.29, 1.82) is 0 Å². The first kappa shape index (κ1) is 13.0. The number of benzene rings is 1. The average molecular weight is 273 g/mol. The van der Waals surface area contributed by atoms with E-state index in [4.69, 9.17) is 9.47 Å². The fraction of sp³-hybridized carbons (Fsp3) is 0.438. The van der Waals surface area contributed by atoms with Crippen LogP contribution >= 0.6 is 0 Å². The third-order valence-electron chi connectivity index (χ3n) is 3.92. The first-order chi connectivity index (χ1) is 9.54. The zero-order chi connectivity index (χ0) is 14.3. The molecular formula is C16H19NO3. The average Bonchev–Trinajstić information content (AvgIpc) is 2.37. The quantitative estimate of drug-likeness (QED) is 0.842. The number of fused-ring (bicyclic) bond motifs is 4. The molecule has 0 fully saturated rings. The van der Waals surface area contributed by atoms with Crippen LogP contribution in [0.2, 0.25) is 0 Å². The summed E-state index contributed by atoms with van der Waals surface area (Å²) in [5, 5.41) is 3.31. The van der Waals surface area contributed by atoms with E-state index in [0.29, 0.717) is 6.61 Å². The number of esters is 1. The van der Waals surface area contributed by atoms with Gasteiger partial charge in [-0.2, -0.15) is 0 Å². The molecule has 2 atom stereocenters. The summed E-state index contributed by atoms with van der Waals surface area (Å²) in [6.07, 6.45) is 0.732. The molecule has 2 aliphatic heterocycles. The van der Waals surface area contributed by atoms with Gasteiger partial charge in [-0.15, -0.1) is 0 Å². The molecule has 0 saturated heterocycles. The third-order valence-corrected chi connectivity index (χ3v) is 3.92. The van der Waals surface area contributed by atoms with Crippen molar-refractivity contribution in [2.45, 2.75) is 38.8 Å². The highest BCUT2D eigenvalue weighted by Gasteiger charge is 2.45. The Hall–Kier alpha value is -1.97. The molecule has 20 heavy (non-hydrogen) atoms. The molecular weight excluding hydrogens is 254 g/mol. The highest BCUT2D eigenvalue weighted by Crippen LogP contribution is 2.47. The Morgan fingerprint density at radius 1 is 1.50 bits per heavy atom. The predicted octanol–water partition coefficient (Wildman–Crippen LogP) is 2.71. The van der Waals surface area contributed by atoms with Crippen molar-refractivity contribution < 1.29 is 14.3 Å². The van der Waals surface area contributed by atoms with E-state index < -0.39 is 5.72 Å². The van der Waals surface area contributed by atoms with Crippen LogP contribution in [-0.4, -0.2) is 18.3 Å². The maximum absolute atomic E-state index is 12.3. The number of hydrogen-bond acceptors (Lipinski definition) is 4. The normalized spacial score (nSPS) is 27.2. The van der Waals surface area contributed by atoms with Gasteiger partial charge in [0.1, 0.15) is 5.75 Å². The van der Waals surface area contributed by atoms with Crippen molar-refractivity contribution in [3.05, 3.63) is 41.1 Å². The maximum Gasteiger partial charge on any atom is 0.336 e. The molecule has 0 aliphatic carbocycles. The number of para-hydroxylation sites is 1. The molecule has 0 saturated carbocycles. The van der Waals surface area contributed by atoms with Crippen LogP contribution in [0.4, 0.5) is 0 Å². The zero-order valence-electron chi connectivity index (χ0n) is 12.0. The van der Waals surface area contributed by atoms with Crippen molar-refractivity contribution in [2.24, 2.45) is 0 Å². The molecule has 106 valence electrons. The summed E-state index contributed by atoms with van der Waals surface area (Å²) < 4.78 is 11.3. The number of allylic oxidation sites excluding steroid dienone is 1. The number of ether oxygens (including phenoxy) is 2. The molecule has 1 aromatic carbocycles. The molecule has 2 bridgehead atoms. The first-order valence-electron chi connectivity index (χ1n) is 6.98. The van der Waals surface area contributed by atoms with Gasteiger partial charge >= 0.3 is 5.97 Å². The van der Waals surface area contributed by atoms with E-state index in [9.17, 15) is 4.79 Å². The van der Waals surface area contributed by atoms with Gasteiger partial charge in [0.25, 0.3) is 0 Å². The smallest absolute Gasteiger partial charge is 0.336 e. The number of carbonyl (C=O) groups excluding carboxylic acids is 1. The highest BCUT2D eigenvalue weighted by molar-refractivity contribution is 5.91. The molecule has 4 heteroatoms. The van der Waals surface area contributed by atoms with Gasteiger partial charge in [-0.05, 0) is 26.8 Å². The largest absolute Gasteiger partial charge is 0.468 e. The Morgan fingerprint density at radius 3 is 3.00 bits per heavy atom. The molecule has 1 N–H and O–H groups in total. The molecule has 1 aromatic rings. The van der Waals surface area contributed by atoms with Gasteiger partial charge in [-0.25, -0.2) is 4.79 Å². The molecule has 2 aliphatic rings. The molecule has 0 radical (unpaired) electrons. The monoisotopic (exact) mass is 273 g/mol. The Kier molecular flexibility index (Phi) is 2.96. The van der Waals surface area contributed by atoms with E-state index in [1.54, 1.807) is 0 Å². The molecule has 4 nitrogen and oxygen atoms in total. The highest BCUT2D eigenvalue weighted by atomic mass is 16.5. The second kappa shape index (κ2) is 4.54. The van der Waals surface area contributed by atoms with Gasteiger partial charge < -0.3 is 14.8 Å². The van der Waals surface area contributed by atoms with Crippen molar-refractivity contribution in [2.75, 3.05) is 6.61 Å². The van der Waals surface area contributed by atoms with E-state index in [-0.39, 0.29) is 11.9 Å². The lowest BCUT2D eigenvalue weighted by Gasteiger charge is -2.45. The fourth-order valence-corrected chi connectivity index (χ4v) is 3.21. The van der Waals surface area contributed by atoms with Gasteiger partial charge in [0.2, 0.25) is 0 Å². The van der Waals surface area contributed by atoms with Crippen LogP contribution in [0.15, 0.2) is 35.5 Å². The lowest BCUT2D eigenvalue weighted by molar-refractivity contribution is -0.139. The standard InChI is InChI=1S/C16H19NO3/c1-4-19-15(18)14-10(2)17-16(3)9-12(14)11-7-5-6-8-13(11)20-16/h5-8,12,17H,4,9H2,1-3H3/t12-,16-/m0/s1. The Labute approximate surface area is 118 Å². The van der Waals surface area contributed by atoms with Gasteiger partial charge in [0.05, 0.1) is 12.2 Å². The SMILES string of the molecule is CCOC(=O)C1=C(C)N[C@]2(C)C[C@H]1c1ccccc1O2. The number of nitrogens with one attached hydrogen (secondary N) is 1. The van der Waals surface area contributed by atoms with E-state index in [2.05, 4.69) is 5.32 Å². The Morgan fingerprint density at radius 2 is 2.25 bits per heavy atom. The van der Waals surface area contributed by atoms with Crippen molar-refractivity contribution in [1.82, 2.24) is 5.32 Å². The Balaban J connectivity index is 2.10. The summed E-state index contributed by atoms with van der Waals surface area (Å²) in [6, 6.07) is 7.90. The minimum atomic E-state index is -0.459. The summed E-state index contributed by atoms with van der Waals surface area (Å²) in [7, 11) is 0. The summed E-state index contributed by atoms with van der Waals surface area (Å²) in [4.78, 5) is 12.3. The van der Waals surface area contributed by atoms with Crippen molar-refractivity contribution in [3.63, 3.8) is 0 Å². The summed E-state index contributed by atoms with van der Waals surface area (Å²) in [5.41, 5.74) is 2.17. The van der Waals surface area contributed by atoms with E-state index in [1.165, 1.54) is 0 Å². The first-order valence-corrected chi connectivity index (χ1v) is 6.98. The minimum Gasteiger partial charge on any atom is -0.468 e. The van der Waals surface area contributed by atoms with Crippen LogP contribution in [0.1, 0.15) is 38.7 Å². The van der Waals surface area contributed by atoms with Gasteiger partial charge in [-0.3, -0.25) is 0 Å².